The summed E-state index contributed by atoms with van der Waals surface area (Å²) in [4.78, 5) is 9.03. The van der Waals surface area contributed by atoms with Gasteiger partial charge in [-0.1, -0.05) is 6.07 Å². The molecule has 0 saturated heterocycles. The van der Waals surface area contributed by atoms with Crippen molar-refractivity contribution in [2.75, 3.05) is 14.1 Å². The molecule has 0 spiro atoms. The van der Waals surface area contributed by atoms with Crippen molar-refractivity contribution in [3.05, 3.63) is 24.0 Å². The molecule has 1 heterocycles. The van der Waals surface area contributed by atoms with E-state index in [9.17, 15) is 5.11 Å². The number of nitrogens with zero attached hydrogens (tertiary/aromatic N) is 2. The van der Waals surface area contributed by atoms with E-state index in [1.54, 1.807) is 6.33 Å². The van der Waals surface area contributed by atoms with Gasteiger partial charge in [-0.3, -0.25) is 0 Å². The second-order valence-corrected chi connectivity index (χ2v) is 3.61. The molecule has 0 aliphatic heterocycles. The Bertz CT molecular complexity index is 448. The molecule has 0 unspecified atom stereocenters. The normalized spacial score (nSPS) is 11.4. The number of aromatic nitrogens is 2. The van der Waals surface area contributed by atoms with Crippen LogP contribution in [0.5, 0.6) is 5.75 Å². The van der Waals surface area contributed by atoms with Gasteiger partial charge in [0, 0.05) is 12.1 Å². The third kappa shape index (κ3) is 1.44. The topological polar surface area (TPSA) is 52.2 Å². The second-order valence-electron chi connectivity index (χ2n) is 3.61. The zero-order valence-corrected chi connectivity index (χ0v) is 8.28. The number of fused-ring (bicyclic) bond motifs is 1. The van der Waals surface area contributed by atoms with E-state index < -0.39 is 0 Å². The fraction of sp³-hybridized carbons (Fsp3) is 0.300. The minimum absolute atomic E-state index is 0.275. The van der Waals surface area contributed by atoms with Crippen molar-refractivity contribution >= 4 is 11.0 Å². The highest BCUT2D eigenvalue weighted by Gasteiger charge is 2.08. The molecule has 1 aromatic heterocycles. The summed E-state index contributed by atoms with van der Waals surface area (Å²) in [5.74, 6) is 0.275. The van der Waals surface area contributed by atoms with Crippen LogP contribution in [-0.2, 0) is 6.54 Å². The first-order valence-corrected chi connectivity index (χ1v) is 4.47. The van der Waals surface area contributed by atoms with Gasteiger partial charge >= 0.3 is 0 Å². The third-order valence-electron chi connectivity index (χ3n) is 2.14. The summed E-state index contributed by atoms with van der Waals surface area (Å²) in [6, 6.07) is 3.84. The van der Waals surface area contributed by atoms with Gasteiger partial charge in [0.15, 0.2) is 0 Å². The largest absolute Gasteiger partial charge is 0.505 e. The lowest BCUT2D eigenvalue weighted by atomic mass is 10.1. The van der Waals surface area contributed by atoms with Crippen LogP contribution in [0.3, 0.4) is 0 Å². The van der Waals surface area contributed by atoms with Crippen molar-refractivity contribution in [1.29, 1.82) is 0 Å². The van der Waals surface area contributed by atoms with Crippen LogP contribution in [0.1, 0.15) is 5.56 Å². The lowest BCUT2D eigenvalue weighted by Crippen LogP contribution is -2.10. The van der Waals surface area contributed by atoms with Crippen LogP contribution in [0.25, 0.3) is 11.0 Å². The highest BCUT2D eigenvalue weighted by atomic mass is 16.3. The average molecular weight is 191 g/mol. The van der Waals surface area contributed by atoms with E-state index in [1.807, 2.05) is 31.1 Å². The molecule has 0 atom stereocenters. The SMILES string of the molecule is CN(C)Cc1ccc2[nH]cnc2c1O. The molecule has 4 heteroatoms. The molecule has 74 valence electrons. The molecule has 0 radical (unpaired) electrons. The van der Waals surface area contributed by atoms with Gasteiger partial charge in [-0.05, 0) is 20.2 Å². The number of imidazole rings is 1. The van der Waals surface area contributed by atoms with Crippen LogP contribution in [0.15, 0.2) is 18.5 Å². The molecule has 0 aliphatic carbocycles. The summed E-state index contributed by atoms with van der Waals surface area (Å²) in [6.07, 6.45) is 1.59. The smallest absolute Gasteiger partial charge is 0.147 e. The van der Waals surface area contributed by atoms with Crippen LogP contribution in [-0.4, -0.2) is 34.1 Å². The zero-order chi connectivity index (χ0) is 10.1. The van der Waals surface area contributed by atoms with E-state index in [-0.39, 0.29) is 5.75 Å². The number of hydrogen-bond donors (Lipinski definition) is 2. The van der Waals surface area contributed by atoms with Crippen LogP contribution < -0.4 is 0 Å². The molecule has 0 aliphatic rings. The monoisotopic (exact) mass is 191 g/mol. The van der Waals surface area contributed by atoms with Crippen LogP contribution in [0.4, 0.5) is 0 Å². The summed E-state index contributed by atoms with van der Waals surface area (Å²) in [7, 11) is 3.93. The Morgan fingerprint density at radius 2 is 2.21 bits per heavy atom. The van der Waals surface area contributed by atoms with Gasteiger partial charge in [-0.25, -0.2) is 4.98 Å². The predicted octanol–water partition coefficient (Wildman–Crippen LogP) is 1.33. The van der Waals surface area contributed by atoms with E-state index in [0.717, 1.165) is 11.1 Å². The quantitative estimate of drug-likeness (QED) is 0.753. The minimum atomic E-state index is 0.275. The number of benzene rings is 1. The highest BCUT2D eigenvalue weighted by Crippen LogP contribution is 2.26. The Balaban J connectivity index is 2.51. The summed E-state index contributed by atoms with van der Waals surface area (Å²) in [6.45, 7) is 0.717. The van der Waals surface area contributed by atoms with Crippen molar-refractivity contribution in [2.24, 2.45) is 0 Å². The molecule has 2 aromatic rings. The maximum Gasteiger partial charge on any atom is 0.147 e. The van der Waals surface area contributed by atoms with Crippen molar-refractivity contribution in [1.82, 2.24) is 14.9 Å². The fourth-order valence-corrected chi connectivity index (χ4v) is 1.50. The van der Waals surface area contributed by atoms with Crippen molar-refractivity contribution in [2.45, 2.75) is 6.54 Å². The molecule has 0 fully saturated rings. The molecular weight excluding hydrogens is 178 g/mol. The van der Waals surface area contributed by atoms with Crippen LogP contribution in [0, 0.1) is 0 Å². The number of hydrogen-bond acceptors (Lipinski definition) is 3. The van der Waals surface area contributed by atoms with Crippen LogP contribution in [0.2, 0.25) is 0 Å². The van der Waals surface area contributed by atoms with E-state index in [2.05, 4.69) is 9.97 Å². The molecular formula is C10H13N3O. The molecule has 0 amide bonds. The number of rotatable bonds is 2. The van der Waals surface area contributed by atoms with Crippen LogP contribution >= 0.6 is 0 Å². The number of H-pyrrole nitrogens is 1. The molecule has 2 rings (SSSR count). The Morgan fingerprint density at radius 1 is 1.43 bits per heavy atom. The first kappa shape index (κ1) is 9.02. The van der Waals surface area contributed by atoms with Gasteiger partial charge in [0.05, 0.1) is 11.8 Å². The van der Waals surface area contributed by atoms with Crippen molar-refractivity contribution < 1.29 is 5.11 Å². The average Bonchev–Trinajstić information content (AvgIpc) is 2.57. The molecule has 14 heavy (non-hydrogen) atoms. The summed E-state index contributed by atoms with van der Waals surface area (Å²) in [5.41, 5.74) is 2.41. The highest BCUT2D eigenvalue weighted by molar-refractivity contribution is 5.82. The summed E-state index contributed by atoms with van der Waals surface area (Å²) < 4.78 is 0. The summed E-state index contributed by atoms with van der Waals surface area (Å²) in [5, 5.41) is 9.88. The number of aromatic amines is 1. The summed E-state index contributed by atoms with van der Waals surface area (Å²) >= 11 is 0. The van der Waals surface area contributed by atoms with Gasteiger partial charge in [0.25, 0.3) is 0 Å². The molecule has 0 saturated carbocycles. The Kier molecular flexibility index (Phi) is 2.13. The van der Waals surface area contributed by atoms with E-state index >= 15 is 0 Å². The molecule has 0 bridgehead atoms. The Labute approximate surface area is 82.2 Å². The van der Waals surface area contributed by atoms with Gasteiger partial charge in [0.1, 0.15) is 11.3 Å². The third-order valence-corrected chi connectivity index (χ3v) is 2.14. The first-order valence-electron chi connectivity index (χ1n) is 4.47. The lowest BCUT2D eigenvalue weighted by Gasteiger charge is -2.10. The predicted molar refractivity (Wildman–Crippen MR) is 55.1 cm³/mol. The van der Waals surface area contributed by atoms with Crippen molar-refractivity contribution in [3.63, 3.8) is 0 Å². The molecule has 1 aromatic carbocycles. The molecule has 2 N–H and O–H groups in total. The Hall–Kier alpha value is -1.55. The zero-order valence-electron chi connectivity index (χ0n) is 8.28. The first-order chi connectivity index (χ1) is 6.68. The van der Waals surface area contributed by atoms with Gasteiger partial charge in [-0.15, -0.1) is 0 Å². The number of phenolic OH excluding ortho intramolecular Hbond substituents is 1. The standard InChI is InChI=1S/C10H13N3O/c1-13(2)5-7-3-4-8-9(10(7)14)12-6-11-8/h3-4,6,14H,5H2,1-2H3,(H,11,12). The van der Waals surface area contributed by atoms with E-state index in [1.165, 1.54) is 0 Å². The number of nitrogens with one attached hydrogen (secondary N) is 1. The Morgan fingerprint density at radius 3 is 2.93 bits per heavy atom. The molecule has 4 nitrogen and oxygen atoms in total. The van der Waals surface area contributed by atoms with Gasteiger partial charge in [-0.2, -0.15) is 0 Å². The number of aromatic hydroxyl groups is 1. The minimum Gasteiger partial charge on any atom is -0.505 e. The van der Waals surface area contributed by atoms with E-state index in [0.29, 0.717) is 12.1 Å². The van der Waals surface area contributed by atoms with E-state index in [4.69, 9.17) is 0 Å². The van der Waals surface area contributed by atoms with Crippen molar-refractivity contribution in [3.8, 4) is 5.75 Å². The van der Waals surface area contributed by atoms with Gasteiger partial charge in [0.2, 0.25) is 0 Å². The second kappa shape index (κ2) is 3.31. The maximum atomic E-state index is 9.88. The lowest BCUT2D eigenvalue weighted by molar-refractivity contribution is 0.387. The van der Waals surface area contributed by atoms with Gasteiger partial charge < -0.3 is 15.0 Å². The maximum absolute atomic E-state index is 9.88. The number of phenols is 1. The fourth-order valence-electron chi connectivity index (χ4n) is 1.50.